The van der Waals surface area contributed by atoms with Crippen LogP contribution in [-0.2, 0) is 6.54 Å². The van der Waals surface area contributed by atoms with E-state index in [9.17, 15) is 4.39 Å². The Bertz CT molecular complexity index is 339. The second-order valence-corrected chi connectivity index (χ2v) is 4.91. The number of nitrogens with one attached hydrogen (secondary N) is 1. The van der Waals surface area contributed by atoms with E-state index in [0.717, 1.165) is 18.7 Å². The molecule has 0 aliphatic heterocycles. The normalized spacial score (nSPS) is 13.4. The molecule has 0 aliphatic carbocycles. The first kappa shape index (κ1) is 14.1. The lowest BCUT2D eigenvalue weighted by Crippen LogP contribution is -2.42. The molecule has 0 aliphatic rings. The Balaban J connectivity index is 2.66. The molecule has 0 heterocycles. The fourth-order valence-corrected chi connectivity index (χ4v) is 2.15. The van der Waals surface area contributed by atoms with E-state index < -0.39 is 0 Å². The summed E-state index contributed by atoms with van der Waals surface area (Å²) in [7, 11) is 4.05. The largest absolute Gasteiger partial charge is 0.318 e. The first-order valence-electron chi connectivity index (χ1n) is 6.14. The molecule has 17 heavy (non-hydrogen) atoms. The van der Waals surface area contributed by atoms with Crippen LogP contribution in [0.25, 0.3) is 0 Å². The van der Waals surface area contributed by atoms with Gasteiger partial charge in [-0.1, -0.05) is 26.0 Å². The van der Waals surface area contributed by atoms with E-state index in [-0.39, 0.29) is 5.82 Å². The van der Waals surface area contributed by atoms with Crippen LogP contribution in [0.5, 0.6) is 0 Å². The Morgan fingerprint density at radius 1 is 1.35 bits per heavy atom. The van der Waals surface area contributed by atoms with Crippen molar-refractivity contribution in [3.8, 4) is 0 Å². The van der Waals surface area contributed by atoms with E-state index >= 15 is 0 Å². The van der Waals surface area contributed by atoms with Gasteiger partial charge in [0.05, 0.1) is 0 Å². The number of halogens is 1. The maximum Gasteiger partial charge on any atom is 0.123 e. The maximum atomic E-state index is 13.1. The van der Waals surface area contributed by atoms with E-state index in [1.807, 2.05) is 13.1 Å². The van der Waals surface area contributed by atoms with Crippen molar-refractivity contribution in [2.45, 2.75) is 26.4 Å². The quantitative estimate of drug-likeness (QED) is 0.819. The zero-order valence-corrected chi connectivity index (χ0v) is 11.2. The average Bonchev–Trinajstić information content (AvgIpc) is 2.25. The van der Waals surface area contributed by atoms with Gasteiger partial charge < -0.3 is 5.32 Å². The monoisotopic (exact) mass is 238 g/mol. The van der Waals surface area contributed by atoms with Gasteiger partial charge in [-0.25, -0.2) is 4.39 Å². The van der Waals surface area contributed by atoms with E-state index in [1.165, 1.54) is 6.07 Å². The molecule has 96 valence electrons. The number of benzene rings is 1. The molecule has 1 N–H and O–H groups in total. The SMILES string of the molecule is CNCC(C(C)C)N(C)Cc1cccc(F)c1. The smallest absolute Gasteiger partial charge is 0.123 e. The molecule has 0 saturated carbocycles. The lowest BCUT2D eigenvalue weighted by molar-refractivity contribution is 0.182. The molecule has 1 unspecified atom stereocenters. The first-order valence-corrected chi connectivity index (χ1v) is 6.14. The van der Waals surface area contributed by atoms with Crippen LogP contribution in [0.3, 0.4) is 0 Å². The molecule has 3 heteroatoms. The van der Waals surface area contributed by atoms with Gasteiger partial charge in [0.15, 0.2) is 0 Å². The fraction of sp³-hybridized carbons (Fsp3) is 0.571. The Kier molecular flexibility index (Phi) is 5.59. The minimum atomic E-state index is -0.161. The number of likely N-dealkylation sites (N-methyl/N-ethyl adjacent to an activating group) is 2. The van der Waals surface area contributed by atoms with Crippen LogP contribution in [-0.4, -0.2) is 31.6 Å². The Labute approximate surface area is 104 Å². The zero-order valence-electron chi connectivity index (χ0n) is 11.2. The van der Waals surface area contributed by atoms with Gasteiger partial charge in [0.1, 0.15) is 5.82 Å². The molecule has 0 saturated heterocycles. The predicted molar refractivity (Wildman–Crippen MR) is 70.4 cm³/mol. The minimum absolute atomic E-state index is 0.161. The van der Waals surface area contributed by atoms with Crippen molar-refractivity contribution in [1.82, 2.24) is 10.2 Å². The van der Waals surface area contributed by atoms with Crippen molar-refractivity contribution in [3.05, 3.63) is 35.6 Å². The highest BCUT2D eigenvalue weighted by molar-refractivity contribution is 5.16. The second-order valence-electron chi connectivity index (χ2n) is 4.91. The summed E-state index contributed by atoms with van der Waals surface area (Å²) >= 11 is 0. The average molecular weight is 238 g/mol. The van der Waals surface area contributed by atoms with E-state index in [0.29, 0.717) is 12.0 Å². The Morgan fingerprint density at radius 3 is 2.59 bits per heavy atom. The Hall–Kier alpha value is -0.930. The van der Waals surface area contributed by atoms with Crippen LogP contribution in [0.4, 0.5) is 4.39 Å². The molecule has 1 atom stereocenters. The molecule has 2 nitrogen and oxygen atoms in total. The van der Waals surface area contributed by atoms with Crippen LogP contribution in [0.1, 0.15) is 19.4 Å². The standard InChI is InChI=1S/C14H23FN2/c1-11(2)14(9-16-3)17(4)10-12-6-5-7-13(15)8-12/h5-8,11,14,16H,9-10H2,1-4H3. The maximum absolute atomic E-state index is 13.1. The number of hydrogen-bond donors (Lipinski definition) is 1. The van der Waals surface area contributed by atoms with Gasteiger partial charge in [-0.2, -0.15) is 0 Å². The molecule has 0 radical (unpaired) electrons. The fourth-order valence-electron chi connectivity index (χ4n) is 2.15. The summed E-state index contributed by atoms with van der Waals surface area (Å²) in [5.74, 6) is 0.409. The van der Waals surface area contributed by atoms with Crippen molar-refractivity contribution in [1.29, 1.82) is 0 Å². The van der Waals surface area contributed by atoms with Gasteiger partial charge in [-0.3, -0.25) is 4.90 Å². The lowest BCUT2D eigenvalue weighted by atomic mass is 10.0. The van der Waals surface area contributed by atoms with Crippen molar-refractivity contribution in [2.75, 3.05) is 20.6 Å². The van der Waals surface area contributed by atoms with Crippen LogP contribution >= 0.6 is 0 Å². The van der Waals surface area contributed by atoms with Crippen molar-refractivity contribution in [2.24, 2.45) is 5.92 Å². The third-order valence-corrected chi connectivity index (χ3v) is 3.07. The highest BCUT2D eigenvalue weighted by Crippen LogP contribution is 2.13. The molecule has 1 aromatic rings. The third-order valence-electron chi connectivity index (χ3n) is 3.07. The summed E-state index contributed by atoms with van der Waals surface area (Å²) < 4.78 is 13.1. The van der Waals surface area contributed by atoms with Gasteiger partial charge >= 0.3 is 0 Å². The van der Waals surface area contributed by atoms with Gasteiger partial charge in [0.25, 0.3) is 0 Å². The van der Waals surface area contributed by atoms with Crippen LogP contribution < -0.4 is 5.32 Å². The van der Waals surface area contributed by atoms with Crippen LogP contribution in [0.2, 0.25) is 0 Å². The topological polar surface area (TPSA) is 15.3 Å². The zero-order chi connectivity index (χ0) is 12.8. The highest BCUT2D eigenvalue weighted by Gasteiger charge is 2.17. The molecule has 0 bridgehead atoms. The molecular weight excluding hydrogens is 215 g/mol. The summed E-state index contributed by atoms with van der Waals surface area (Å²) in [5.41, 5.74) is 1.02. The van der Waals surface area contributed by atoms with Crippen LogP contribution in [0.15, 0.2) is 24.3 Å². The number of hydrogen-bond acceptors (Lipinski definition) is 2. The third kappa shape index (κ3) is 4.44. The van der Waals surface area contributed by atoms with Gasteiger partial charge in [0.2, 0.25) is 0 Å². The summed E-state index contributed by atoms with van der Waals surface area (Å²) in [6.45, 7) is 6.15. The molecule has 0 amide bonds. The molecule has 0 spiro atoms. The molecular formula is C14H23FN2. The highest BCUT2D eigenvalue weighted by atomic mass is 19.1. The number of nitrogens with zero attached hydrogens (tertiary/aromatic N) is 1. The van der Waals surface area contributed by atoms with Crippen molar-refractivity contribution in [3.63, 3.8) is 0 Å². The summed E-state index contributed by atoms with van der Waals surface area (Å²) in [6, 6.07) is 7.28. The molecule has 1 aromatic carbocycles. The second kappa shape index (κ2) is 6.72. The molecule has 0 aromatic heterocycles. The summed E-state index contributed by atoms with van der Waals surface area (Å²) in [4.78, 5) is 2.27. The van der Waals surface area contributed by atoms with Gasteiger partial charge in [0, 0.05) is 19.1 Å². The first-order chi connectivity index (χ1) is 8.04. The van der Waals surface area contributed by atoms with E-state index in [4.69, 9.17) is 0 Å². The lowest BCUT2D eigenvalue weighted by Gasteiger charge is -2.31. The molecule has 0 fully saturated rings. The van der Waals surface area contributed by atoms with E-state index in [2.05, 4.69) is 31.1 Å². The summed E-state index contributed by atoms with van der Waals surface area (Å²) in [5, 5.41) is 3.21. The summed E-state index contributed by atoms with van der Waals surface area (Å²) in [6.07, 6.45) is 0. The van der Waals surface area contributed by atoms with E-state index in [1.54, 1.807) is 12.1 Å². The predicted octanol–water partition coefficient (Wildman–Crippen LogP) is 2.50. The van der Waals surface area contributed by atoms with Gasteiger partial charge in [-0.05, 0) is 37.7 Å². The van der Waals surface area contributed by atoms with Crippen molar-refractivity contribution >= 4 is 0 Å². The minimum Gasteiger partial charge on any atom is -0.318 e. The van der Waals surface area contributed by atoms with Crippen molar-refractivity contribution < 1.29 is 4.39 Å². The van der Waals surface area contributed by atoms with Crippen LogP contribution in [0, 0.1) is 11.7 Å². The van der Waals surface area contributed by atoms with Gasteiger partial charge in [-0.15, -0.1) is 0 Å². The Morgan fingerprint density at radius 2 is 2.06 bits per heavy atom. The number of rotatable bonds is 6. The molecule has 1 rings (SSSR count).